The van der Waals surface area contributed by atoms with E-state index in [1.54, 1.807) is 6.33 Å². The number of amides is 1. The zero-order valence-corrected chi connectivity index (χ0v) is 11.8. The second-order valence-electron chi connectivity index (χ2n) is 4.60. The van der Waals surface area contributed by atoms with Crippen LogP contribution in [0.25, 0.3) is 11.4 Å². The first-order valence-electron chi connectivity index (χ1n) is 6.59. The lowest BCUT2D eigenvalue weighted by Gasteiger charge is -2.06. The van der Waals surface area contributed by atoms with Crippen LogP contribution in [0, 0.1) is 0 Å². The highest BCUT2D eigenvalue weighted by Gasteiger charge is 2.05. The van der Waals surface area contributed by atoms with E-state index in [0.717, 1.165) is 30.0 Å². The van der Waals surface area contributed by atoms with Gasteiger partial charge in [-0.25, -0.2) is 0 Å². The number of aryl methyl sites for hydroxylation is 1. The van der Waals surface area contributed by atoms with E-state index in [9.17, 15) is 4.79 Å². The van der Waals surface area contributed by atoms with E-state index < -0.39 is 0 Å². The van der Waals surface area contributed by atoms with Gasteiger partial charge in [-0.1, -0.05) is 0 Å². The molecular weight excluding hydrogens is 254 g/mol. The van der Waals surface area contributed by atoms with Gasteiger partial charge in [0.05, 0.1) is 0 Å². The van der Waals surface area contributed by atoms with Crippen LogP contribution in [0.3, 0.4) is 0 Å². The van der Waals surface area contributed by atoms with E-state index in [-0.39, 0.29) is 5.91 Å². The molecule has 2 N–H and O–H groups in total. The molecular formula is C14H19N5O. The molecule has 1 aromatic carbocycles. The average molecular weight is 273 g/mol. The third-order valence-electron chi connectivity index (χ3n) is 2.97. The molecule has 6 heteroatoms. The van der Waals surface area contributed by atoms with Crippen LogP contribution in [-0.2, 0) is 11.8 Å². The molecule has 0 fully saturated rings. The second kappa shape index (κ2) is 6.81. The Morgan fingerprint density at radius 1 is 1.30 bits per heavy atom. The molecule has 2 rings (SSSR count). The lowest BCUT2D eigenvalue weighted by atomic mass is 10.2. The molecule has 6 nitrogen and oxygen atoms in total. The maximum atomic E-state index is 11.7. The van der Waals surface area contributed by atoms with Crippen LogP contribution in [0.2, 0.25) is 0 Å². The molecule has 1 heterocycles. The molecule has 0 atom stereocenters. The van der Waals surface area contributed by atoms with Crippen LogP contribution < -0.4 is 10.6 Å². The van der Waals surface area contributed by atoms with Crippen molar-refractivity contribution in [3.05, 3.63) is 30.6 Å². The number of rotatable bonds is 6. The summed E-state index contributed by atoms with van der Waals surface area (Å²) in [6.45, 7) is 0.846. The van der Waals surface area contributed by atoms with Crippen molar-refractivity contribution >= 4 is 11.6 Å². The second-order valence-corrected chi connectivity index (χ2v) is 4.60. The topological polar surface area (TPSA) is 71.8 Å². The van der Waals surface area contributed by atoms with Crippen molar-refractivity contribution in [2.24, 2.45) is 7.05 Å². The number of aromatic nitrogens is 3. The zero-order valence-electron chi connectivity index (χ0n) is 11.8. The number of carbonyl (C=O) groups is 1. The highest BCUT2D eigenvalue weighted by Crippen LogP contribution is 2.18. The van der Waals surface area contributed by atoms with Crippen LogP contribution in [0.1, 0.15) is 12.8 Å². The van der Waals surface area contributed by atoms with Crippen molar-refractivity contribution in [1.29, 1.82) is 0 Å². The molecule has 0 saturated heterocycles. The lowest BCUT2D eigenvalue weighted by Crippen LogP contribution is -2.15. The van der Waals surface area contributed by atoms with Crippen molar-refractivity contribution in [1.82, 2.24) is 20.1 Å². The SMILES string of the molecule is CNCCCC(=O)Nc1ccc(-c2nncn2C)cc1. The maximum absolute atomic E-state index is 11.7. The van der Waals surface area contributed by atoms with Gasteiger partial charge in [-0.2, -0.15) is 0 Å². The fourth-order valence-corrected chi connectivity index (χ4v) is 1.90. The molecule has 0 spiro atoms. The molecule has 0 aliphatic rings. The van der Waals surface area contributed by atoms with Gasteiger partial charge in [0, 0.05) is 24.7 Å². The molecule has 0 aliphatic carbocycles. The predicted octanol–water partition coefficient (Wildman–Crippen LogP) is 1.42. The summed E-state index contributed by atoms with van der Waals surface area (Å²) in [7, 11) is 3.77. The summed E-state index contributed by atoms with van der Waals surface area (Å²) in [5, 5.41) is 13.8. The van der Waals surface area contributed by atoms with Gasteiger partial charge < -0.3 is 15.2 Å². The molecule has 0 saturated carbocycles. The minimum Gasteiger partial charge on any atom is -0.326 e. The van der Waals surface area contributed by atoms with Gasteiger partial charge in [0.25, 0.3) is 0 Å². The third kappa shape index (κ3) is 3.64. The number of carbonyl (C=O) groups excluding carboxylic acids is 1. The Balaban J connectivity index is 1.95. The maximum Gasteiger partial charge on any atom is 0.224 e. The number of nitrogens with one attached hydrogen (secondary N) is 2. The Hall–Kier alpha value is -2.21. The summed E-state index contributed by atoms with van der Waals surface area (Å²) < 4.78 is 1.85. The monoisotopic (exact) mass is 273 g/mol. The van der Waals surface area contributed by atoms with E-state index in [2.05, 4.69) is 20.8 Å². The van der Waals surface area contributed by atoms with Crippen LogP contribution in [0.15, 0.2) is 30.6 Å². The Bertz CT molecular complexity index is 561. The fourth-order valence-electron chi connectivity index (χ4n) is 1.90. The Labute approximate surface area is 118 Å². The highest BCUT2D eigenvalue weighted by molar-refractivity contribution is 5.90. The number of hydrogen-bond acceptors (Lipinski definition) is 4. The number of hydrogen-bond donors (Lipinski definition) is 2. The first-order valence-corrected chi connectivity index (χ1v) is 6.59. The van der Waals surface area contributed by atoms with Crippen LogP contribution in [0.5, 0.6) is 0 Å². The average Bonchev–Trinajstić information content (AvgIpc) is 2.86. The molecule has 2 aromatic rings. The molecule has 20 heavy (non-hydrogen) atoms. The summed E-state index contributed by atoms with van der Waals surface area (Å²) in [5.74, 6) is 0.837. The van der Waals surface area contributed by atoms with Crippen LogP contribution >= 0.6 is 0 Å². The van der Waals surface area contributed by atoms with Crippen molar-refractivity contribution in [3.63, 3.8) is 0 Å². The molecule has 0 bridgehead atoms. The molecule has 0 radical (unpaired) electrons. The summed E-state index contributed by atoms with van der Waals surface area (Å²) in [4.78, 5) is 11.7. The van der Waals surface area contributed by atoms with Crippen LogP contribution in [-0.4, -0.2) is 34.3 Å². The van der Waals surface area contributed by atoms with Gasteiger partial charge in [0.1, 0.15) is 6.33 Å². The Morgan fingerprint density at radius 2 is 2.05 bits per heavy atom. The standard InChI is InChI=1S/C14H19N5O/c1-15-9-3-4-13(20)17-12-7-5-11(6-8-12)14-18-16-10-19(14)2/h5-8,10,15H,3-4,9H2,1-2H3,(H,17,20). The molecule has 0 aliphatic heterocycles. The van der Waals surface area contributed by atoms with E-state index in [4.69, 9.17) is 0 Å². The molecule has 0 unspecified atom stereocenters. The largest absolute Gasteiger partial charge is 0.326 e. The van der Waals surface area contributed by atoms with Gasteiger partial charge in [-0.05, 0) is 44.3 Å². The zero-order chi connectivity index (χ0) is 14.4. The Kier molecular flexibility index (Phi) is 4.84. The summed E-state index contributed by atoms with van der Waals surface area (Å²) in [5.41, 5.74) is 1.77. The summed E-state index contributed by atoms with van der Waals surface area (Å²) >= 11 is 0. The van der Waals surface area contributed by atoms with Crippen molar-refractivity contribution < 1.29 is 4.79 Å². The van der Waals surface area contributed by atoms with Gasteiger partial charge in [-0.15, -0.1) is 10.2 Å². The minimum atomic E-state index is 0.0339. The lowest BCUT2D eigenvalue weighted by molar-refractivity contribution is -0.116. The Morgan fingerprint density at radius 3 is 2.65 bits per heavy atom. The van der Waals surface area contributed by atoms with E-state index in [0.29, 0.717) is 6.42 Å². The van der Waals surface area contributed by atoms with Crippen LogP contribution in [0.4, 0.5) is 5.69 Å². The predicted molar refractivity (Wildman–Crippen MR) is 78.2 cm³/mol. The third-order valence-corrected chi connectivity index (χ3v) is 2.97. The van der Waals surface area contributed by atoms with E-state index in [1.165, 1.54) is 0 Å². The first kappa shape index (κ1) is 14.2. The molecule has 1 amide bonds. The summed E-state index contributed by atoms with van der Waals surface area (Å²) in [6.07, 6.45) is 3.01. The smallest absolute Gasteiger partial charge is 0.224 e. The normalized spacial score (nSPS) is 10.5. The molecule has 1 aromatic heterocycles. The van der Waals surface area contributed by atoms with Gasteiger partial charge in [-0.3, -0.25) is 4.79 Å². The van der Waals surface area contributed by atoms with E-state index in [1.807, 2.05) is 42.9 Å². The minimum absolute atomic E-state index is 0.0339. The number of benzene rings is 1. The van der Waals surface area contributed by atoms with Crippen molar-refractivity contribution in [3.8, 4) is 11.4 Å². The fraction of sp³-hybridized carbons (Fsp3) is 0.357. The van der Waals surface area contributed by atoms with Crippen molar-refractivity contribution in [2.75, 3.05) is 18.9 Å². The molecule has 106 valence electrons. The van der Waals surface area contributed by atoms with Crippen molar-refractivity contribution in [2.45, 2.75) is 12.8 Å². The van der Waals surface area contributed by atoms with E-state index >= 15 is 0 Å². The quantitative estimate of drug-likeness (QED) is 0.781. The van der Waals surface area contributed by atoms with Gasteiger partial charge in [0.15, 0.2) is 5.82 Å². The van der Waals surface area contributed by atoms with Gasteiger partial charge in [0.2, 0.25) is 5.91 Å². The highest BCUT2D eigenvalue weighted by atomic mass is 16.1. The summed E-state index contributed by atoms with van der Waals surface area (Å²) in [6, 6.07) is 7.60. The number of anilines is 1. The van der Waals surface area contributed by atoms with Gasteiger partial charge >= 0.3 is 0 Å². The first-order chi connectivity index (χ1) is 9.70. The number of nitrogens with zero attached hydrogens (tertiary/aromatic N) is 3.